The summed E-state index contributed by atoms with van der Waals surface area (Å²) >= 11 is 0. The zero-order valence-electron chi connectivity index (χ0n) is 15.2. The third-order valence-corrected chi connectivity index (χ3v) is 3.45. The highest BCUT2D eigenvalue weighted by Crippen LogP contribution is 2.22. The van der Waals surface area contributed by atoms with Crippen LogP contribution in [-0.4, -0.2) is 13.2 Å². The maximum Gasteiger partial charge on any atom is 0.124 e. The molecule has 3 heteroatoms. The monoisotopic (exact) mass is 327 g/mol. The van der Waals surface area contributed by atoms with Crippen molar-refractivity contribution < 1.29 is 9.47 Å². The first kappa shape index (κ1) is 18.2. The number of para-hydroxylation sites is 1. The molecule has 1 N–H and O–H groups in total. The number of anilines is 1. The molecule has 0 saturated carbocycles. The fraction of sp³-hybridized carbons (Fsp3) is 0.429. The van der Waals surface area contributed by atoms with Crippen LogP contribution in [0.15, 0.2) is 48.5 Å². The molecule has 24 heavy (non-hydrogen) atoms. The third-order valence-electron chi connectivity index (χ3n) is 3.45. The molecule has 2 aromatic rings. The van der Waals surface area contributed by atoms with Gasteiger partial charge in [-0.2, -0.15) is 0 Å². The molecular formula is C21H29NO2. The fourth-order valence-corrected chi connectivity index (χ4v) is 2.20. The summed E-state index contributed by atoms with van der Waals surface area (Å²) in [4.78, 5) is 0. The second kappa shape index (κ2) is 9.21. The predicted molar refractivity (Wildman–Crippen MR) is 101 cm³/mol. The zero-order chi connectivity index (χ0) is 17.4. The standard InChI is InChI=1S/C21H29NO2/c1-16(2)14-23-20-10-7-9-19(12-20)22-13-18-8-5-6-11-21(18)24-15-17(3)4/h5-12,16-17,22H,13-15H2,1-4H3. The Morgan fingerprint density at radius 2 is 1.54 bits per heavy atom. The molecule has 0 amide bonds. The van der Waals surface area contributed by atoms with Gasteiger partial charge in [-0.3, -0.25) is 0 Å². The van der Waals surface area contributed by atoms with E-state index in [-0.39, 0.29) is 0 Å². The topological polar surface area (TPSA) is 30.5 Å². The molecule has 0 aliphatic carbocycles. The molecule has 0 heterocycles. The largest absolute Gasteiger partial charge is 0.493 e. The van der Waals surface area contributed by atoms with E-state index in [2.05, 4.69) is 45.1 Å². The van der Waals surface area contributed by atoms with Crippen LogP contribution in [-0.2, 0) is 6.54 Å². The first-order valence-electron chi connectivity index (χ1n) is 8.72. The van der Waals surface area contributed by atoms with Crippen molar-refractivity contribution in [1.82, 2.24) is 0 Å². The minimum atomic E-state index is 0.515. The van der Waals surface area contributed by atoms with E-state index in [0.29, 0.717) is 11.8 Å². The van der Waals surface area contributed by atoms with Crippen LogP contribution in [0.4, 0.5) is 5.69 Å². The molecule has 0 aliphatic rings. The average Bonchev–Trinajstić information content (AvgIpc) is 2.57. The van der Waals surface area contributed by atoms with E-state index in [0.717, 1.165) is 42.5 Å². The molecule has 0 saturated heterocycles. The van der Waals surface area contributed by atoms with E-state index < -0.39 is 0 Å². The second-order valence-corrected chi connectivity index (χ2v) is 6.90. The van der Waals surface area contributed by atoms with E-state index in [9.17, 15) is 0 Å². The Bertz CT molecular complexity index is 623. The average molecular weight is 327 g/mol. The van der Waals surface area contributed by atoms with Gasteiger partial charge in [-0.25, -0.2) is 0 Å². The molecule has 0 unspecified atom stereocenters. The van der Waals surface area contributed by atoms with Crippen LogP contribution in [0.25, 0.3) is 0 Å². The molecule has 0 bridgehead atoms. The maximum atomic E-state index is 5.91. The van der Waals surface area contributed by atoms with Crippen molar-refractivity contribution in [3.8, 4) is 11.5 Å². The number of ether oxygens (including phenoxy) is 2. The Morgan fingerprint density at radius 3 is 2.29 bits per heavy atom. The van der Waals surface area contributed by atoms with Crippen molar-refractivity contribution in [3.05, 3.63) is 54.1 Å². The Labute approximate surface area is 146 Å². The molecule has 0 atom stereocenters. The van der Waals surface area contributed by atoms with E-state index in [1.165, 1.54) is 0 Å². The maximum absolute atomic E-state index is 5.91. The summed E-state index contributed by atoms with van der Waals surface area (Å²) in [7, 11) is 0. The smallest absolute Gasteiger partial charge is 0.124 e. The molecule has 0 radical (unpaired) electrons. The lowest BCUT2D eigenvalue weighted by Crippen LogP contribution is -2.08. The van der Waals surface area contributed by atoms with Gasteiger partial charge in [0.1, 0.15) is 11.5 Å². The lowest BCUT2D eigenvalue weighted by atomic mass is 10.2. The molecule has 130 valence electrons. The van der Waals surface area contributed by atoms with Crippen LogP contribution in [0.2, 0.25) is 0 Å². The first-order chi connectivity index (χ1) is 11.5. The van der Waals surface area contributed by atoms with E-state index in [1.807, 2.05) is 36.4 Å². The second-order valence-electron chi connectivity index (χ2n) is 6.90. The molecule has 0 aliphatic heterocycles. The summed E-state index contributed by atoms with van der Waals surface area (Å²) in [5.74, 6) is 2.89. The van der Waals surface area contributed by atoms with Crippen LogP contribution in [0.5, 0.6) is 11.5 Å². The molecule has 0 fully saturated rings. The van der Waals surface area contributed by atoms with Gasteiger partial charge >= 0.3 is 0 Å². The van der Waals surface area contributed by atoms with E-state index >= 15 is 0 Å². The Hall–Kier alpha value is -2.16. The van der Waals surface area contributed by atoms with Crippen molar-refractivity contribution in [2.75, 3.05) is 18.5 Å². The third kappa shape index (κ3) is 6.15. The van der Waals surface area contributed by atoms with Gasteiger partial charge in [0.05, 0.1) is 13.2 Å². The van der Waals surface area contributed by atoms with Gasteiger partial charge in [0.15, 0.2) is 0 Å². The van der Waals surface area contributed by atoms with Crippen LogP contribution in [0, 0.1) is 11.8 Å². The number of benzene rings is 2. The van der Waals surface area contributed by atoms with Crippen molar-refractivity contribution in [2.45, 2.75) is 34.2 Å². The normalized spacial score (nSPS) is 10.9. The molecular weight excluding hydrogens is 298 g/mol. The molecule has 2 aromatic carbocycles. The summed E-state index contributed by atoms with van der Waals surface area (Å²) in [6.07, 6.45) is 0. The summed E-state index contributed by atoms with van der Waals surface area (Å²) < 4.78 is 11.7. The predicted octanol–water partition coefficient (Wildman–Crippen LogP) is 5.37. The van der Waals surface area contributed by atoms with Crippen molar-refractivity contribution in [1.29, 1.82) is 0 Å². The molecule has 3 nitrogen and oxygen atoms in total. The lowest BCUT2D eigenvalue weighted by Gasteiger charge is -2.15. The lowest BCUT2D eigenvalue weighted by molar-refractivity contribution is 0.269. The summed E-state index contributed by atoms with van der Waals surface area (Å²) in [6, 6.07) is 16.3. The molecule has 0 spiro atoms. The number of hydrogen-bond acceptors (Lipinski definition) is 3. The van der Waals surface area contributed by atoms with E-state index in [4.69, 9.17) is 9.47 Å². The SMILES string of the molecule is CC(C)COc1cccc(NCc2ccccc2OCC(C)C)c1. The van der Waals surface area contributed by atoms with Gasteiger partial charge in [-0.15, -0.1) is 0 Å². The Morgan fingerprint density at radius 1 is 0.833 bits per heavy atom. The summed E-state index contributed by atoms with van der Waals surface area (Å²) in [5, 5.41) is 3.46. The van der Waals surface area contributed by atoms with Crippen LogP contribution < -0.4 is 14.8 Å². The van der Waals surface area contributed by atoms with Crippen molar-refractivity contribution in [2.24, 2.45) is 11.8 Å². The quantitative estimate of drug-likeness (QED) is 0.672. The van der Waals surface area contributed by atoms with Gasteiger partial charge in [0.2, 0.25) is 0 Å². The highest BCUT2D eigenvalue weighted by Gasteiger charge is 2.05. The summed E-state index contributed by atoms with van der Waals surface area (Å²) in [6.45, 7) is 10.8. The highest BCUT2D eigenvalue weighted by atomic mass is 16.5. The Balaban J connectivity index is 1.97. The van der Waals surface area contributed by atoms with Crippen molar-refractivity contribution in [3.63, 3.8) is 0 Å². The van der Waals surface area contributed by atoms with Gasteiger partial charge in [-0.05, 0) is 30.0 Å². The number of rotatable bonds is 9. The summed E-state index contributed by atoms with van der Waals surface area (Å²) in [5.41, 5.74) is 2.21. The molecule has 2 rings (SSSR count). The van der Waals surface area contributed by atoms with E-state index in [1.54, 1.807) is 0 Å². The zero-order valence-corrected chi connectivity index (χ0v) is 15.2. The number of hydrogen-bond donors (Lipinski definition) is 1. The van der Waals surface area contributed by atoms with Gasteiger partial charge in [0, 0.05) is 23.9 Å². The van der Waals surface area contributed by atoms with Gasteiger partial charge in [-0.1, -0.05) is 52.0 Å². The first-order valence-corrected chi connectivity index (χ1v) is 8.72. The highest BCUT2D eigenvalue weighted by molar-refractivity contribution is 5.49. The van der Waals surface area contributed by atoms with Crippen LogP contribution in [0.3, 0.4) is 0 Å². The van der Waals surface area contributed by atoms with Gasteiger partial charge < -0.3 is 14.8 Å². The molecule has 0 aromatic heterocycles. The fourth-order valence-electron chi connectivity index (χ4n) is 2.20. The Kier molecular flexibility index (Phi) is 6.98. The van der Waals surface area contributed by atoms with Crippen LogP contribution >= 0.6 is 0 Å². The minimum absolute atomic E-state index is 0.515. The minimum Gasteiger partial charge on any atom is -0.493 e. The van der Waals surface area contributed by atoms with Gasteiger partial charge in [0.25, 0.3) is 0 Å². The van der Waals surface area contributed by atoms with Crippen molar-refractivity contribution >= 4 is 5.69 Å². The number of nitrogens with one attached hydrogen (secondary N) is 1. The van der Waals surface area contributed by atoms with Crippen LogP contribution in [0.1, 0.15) is 33.3 Å².